The first-order valence-electron chi connectivity index (χ1n) is 7.18. The molecule has 3 heteroatoms. The molecule has 0 atom stereocenters. The highest BCUT2D eigenvalue weighted by Crippen LogP contribution is 2.24. The van der Waals surface area contributed by atoms with E-state index in [2.05, 4.69) is 35.6 Å². The molecule has 0 aliphatic heterocycles. The lowest BCUT2D eigenvalue weighted by Gasteiger charge is -2.20. The van der Waals surface area contributed by atoms with E-state index in [1.165, 1.54) is 49.2 Å². The molecular weight excluding hydrogens is 240 g/mol. The van der Waals surface area contributed by atoms with Crippen molar-refractivity contribution in [2.24, 2.45) is 5.92 Å². The summed E-state index contributed by atoms with van der Waals surface area (Å²) in [4.78, 5) is 3.97. The first-order valence-corrected chi connectivity index (χ1v) is 8.06. The van der Waals surface area contributed by atoms with Gasteiger partial charge in [-0.3, -0.25) is 0 Å². The maximum absolute atomic E-state index is 3.55. The van der Waals surface area contributed by atoms with Gasteiger partial charge in [0.25, 0.3) is 0 Å². The fourth-order valence-corrected chi connectivity index (χ4v) is 3.66. The first kappa shape index (κ1) is 14.0. The van der Waals surface area contributed by atoms with Crippen LogP contribution in [-0.2, 0) is 6.54 Å². The summed E-state index contributed by atoms with van der Waals surface area (Å²) in [6.45, 7) is 6.78. The van der Waals surface area contributed by atoms with Crippen molar-refractivity contribution in [2.75, 3.05) is 26.7 Å². The van der Waals surface area contributed by atoms with E-state index in [1.807, 2.05) is 11.3 Å². The van der Waals surface area contributed by atoms with Crippen molar-refractivity contribution in [1.82, 2.24) is 10.2 Å². The lowest BCUT2D eigenvalue weighted by molar-refractivity contribution is 0.277. The van der Waals surface area contributed by atoms with Crippen LogP contribution < -0.4 is 5.32 Å². The second-order valence-corrected chi connectivity index (χ2v) is 6.62. The molecule has 2 rings (SSSR count). The predicted molar refractivity (Wildman–Crippen MR) is 80.2 cm³/mol. The average molecular weight is 266 g/mol. The standard InChI is InChI=1S/C15H26N2S/c1-13-7-10-18-15(13)11-16-8-9-17(2)12-14-5-3-4-6-14/h7,10,14,16H,3-6,8-9,11-12H2,1-2H3. The van der Waals surface area contributed by atoms with Crippen molar-refractivity contribution in [3.63, 3.8) is 0 Å². The van der Waals surface area contributed by atoms with Crippen molar-refractivity contribution in [3.05, 3.63) is 21.9 Å². The van der Waals surface area contributed by atoms with E-state index in [9.17, 15) is 0 Å². The van der Waals surface area contributed by atoms with Gasteiger partial charge in [-0.15, -0.1) is 11.3 Å². The molecule has 0 unspecified atom stereocenters. The van der Waals surface area contributed by atoms with Gasteiger partial charge in [0, 0.05) is 31.1 Å². The van der Waals surface area contributed by atoms with Crippen molar-refractivity contribution in [3.8, 4) is 0 Å². The molecule has 1 aromatic rings. The van der Waals surface area contributed by atoms with Crippen LogP contribution >= 0.6 is 11.3 Å². The number of nitrogens with one attached hydrogen (secondary N) is 1. The van der Waals surface area contributed by atoms with Crippen molar-refractivity contribution in [1.29, 1.82) is 0 Å². The van der Waals surface area contributed by atoms with E-state index in [0.29, 0.717) is 0 Å². The third-order valence-electron chi connectivity index (χ3n) is 3.97. The number of aryl methyl sites for hydroxylation is 1. The highest BCUT2D eigenvalue weighted by molar-refractivity contribution is 7.10. The van der Waals surface area contributed by atoms with Crippen molar-refractivity contribution >= 4 is 11.3 Å². The fraction of sp³-hybridized carbons (Fsp3) is 0.733. The van der Waals surface area contributed by atoms with E-state index >= 15 is 0 Å². The average Bonchev–Trinajstić information content (AvgIpc) is 2.97. The Kier molecular flexibility index (Phi) is 5.67. The van der Waals surface area contributed by atoms with Gasteiger partial charge >= 0.3 is 0 Å². The van der Waals surface area contributed by atoms with Gasteiger partial charge in [-0.1, -0.05) is 12.8 Å². The number of hydrogen-bond acceptors (Lipinski definition) is 3. The van der Waals surface area contributed by atoms with E-state index in [0.717, 1.165) is 19.0 Å². The number of hydrogen-bond donors (Lipinski definition) is 1. The Morgan fingerprint density at radius 3 is 2.83 bits per heavy atom. The molecule has 1 N–H and O–H groups in total. The molecule has 0 saturated heterocycles. The SMILES string of the molecule is Cc1ccsc1CNCCN(C)CC1CCCC1. The van der Waals surface area contributed by atoms with Crippen LogP contribution in [0.2, 0.25) is 0 Å². The van der Waals surface area contributed by atoms with Gasteiger partial charge in [0.2, 0.25) is 0 Å². The quantitative estimate of drug-likeness (QED) is 0.762. The van der Waals surface area contributed by atoms with Gasteiger partial charge in [-0.05, 0) is 49.7 Å². The third-order valence-corrected chi connectivity index (χ3v) is 4.99. The second-order valence-electron chi connectivity index (χ2n) is 5.62. The maximum Gasteiger partial charge on any atom is 0.0302 e. The van der Waals surface area contributed by atoms with Gasteiger partial charge in [-0.25, -0.2) is 0 Å². The minimum atomic E-state index is 0.967. The van der Waals surface area contributed by atoms with Gasteiger partial charge in [-0.2, -0.15) is 0 Å². The smallest absolute Gasteiger partial charge is 0.0302 e. The highest BCUT2D eigenvalue weighted by Gasteiger charge is 2.16. The molecule has 102 valence electrons. The highest BCUT2D eigenvalue weighted by atomic mass is 32.1. The van der Waals surface area contributed by atoms with Crippen LogP contribution in [0.15, 0.2) is 11.4 Å². The van der Waals surface area contributed by atoms with Crippen LogP contribution in [0.4, 0.5) is 0 Å². The summed E-state index contributed by atoms with van der Waals surface area (Å²) in [5.41, 5.74) is 1.42. The molecule has 18 heavy (non-hydrogen) atoms. The Morgan fingerprint density at radius 2 is 2.17 bits per heavy atom. The van der Waals surface area contributed by atoms with Crippen LogP contribution in [0.3, 0.4) is 0 Å². The molecule has 0 spiro atoms. The van der Waals surface area contributed by atoms with Gasteiger partial charge in [0.15, 0.2) is 0 Å². The molecule has 1 aliphatic rings. The topological polar surface area (TPSA) is 15.3 Å². The summed E-state index contributed by atoms with van der Waals surface area (Å²) in [5.74, 6) is 0.967. The van der Waals surface area contributed by atoms with E-state index in [1.54, 1.807) is 0 Å². The summed E-state index contributed by atoms with van der Waals surface area (Å²) in [6.07, 6.45) is 5.81. The Labute approximate surface area is 115 Å². The molecule has 1 fully saturated rings. The zero-order chi connectivity index (χ0) is 12.8. The van der Waals surface area contributed by atoms with E-state index < -0.39 is 0 Å². The molecule has 2 nitrogen and oxygen atoms in total. The lowest BCUT2D eigenvalue weighted by Crippen LogP contribution is -2.32. The number of likely N-dealkylation sites (N-methyl/N-ethyl adjacent to an activating group) is 1. The number of thiophene rings is 1. The monoisotopic (exact) mass is 266 g/mol. The molecule has 0 amide bonds. The molecule has 0 bridgehead atoms. The lowest BCUT2D eigenvalue weighted by atomic mass is 10.1. The maximum atomic E-state index is 3.55. The van der Waals surface area contributed by atoms with E-state index in [4.69, 9.17) is 0 Å². The predicted octanol–water partition coefficient (Wildman–Crippen LogP) is 3.27. The van der Waals surface area contributed by atoms with Gasteiger partial charge in [0.05, 0.1) is 0 Å². The molecule has 0 radical (unpaired) electrons. The Bertz CT molecular complexity index is 342. The minimum Gasteiger partial charge on any atom is -0.311 e. The summed E-state index contributed by atoms with van der Waals surface area (Å²) in [6, 6.07) is 2.20. The third kappa shape index (κ3) is 4.38. The molecule has 1 saturated carbocycles. The zero-order valence-electron chi connectivity index (χ0n) is 11.7. The fourth-order valence-electron chi connectivity index (χ4n) is 2.78. The van der Waals surface area contributed by atoms with E-state index in [-0.39, 0.29) is 0 Å². The Balaban J connectivity index is 1.56. The Hall–Kier alpha value is -0.380. The van der Waals surface area contributed by atoms with Crippen LogP contribution in [-0.4, -0.2) is 31.6 Å². The van der Waals surface area contributed by atoms with Gasteiger partial charge < -0.3 is 10.2 Å². The first-order chi connectivity index (χ1) is 8.75. The minimum absolute atomic E-state index is 0.967. The van der Waals surface area contributed by atoms with Crippen molar-refractivity contribution < 1.29 is 0 Å². The van der Waals surface area contributed by atoms with Crippen molar-refractivity contribution in [2.45, 2.75) is 39.2 Å². The molecule has 1 aromatic heterocycles. The molecular formula is C15H26N2S. The zero-order valence-corrected chi connectivity index (χ0v) is 12.6. The van der Waals surface area contributed by atoms with Gasteiger partial charge in [0.1, 0.15) is 0 Å². The summed E-state index contributed by atoms with van der Waals surface area (Å²) >= 11 is 1.86. The van der Waals surface area contributed by atoms with Crippen LogP contribution in [0, 0.1) is 12.8 Å². The van der Waals surface area contributed by atoms with Crippen LogP contribution in [0.1, 0.15) is 36.1 Å². The Morgan fingerprint density at radius 1 is 1.39 bits per heavy atom. The number of rotatable bonds is 7. The molecule has 1 aliphatic carbocycles. The normalized spacial score (nSPS) is 16.8. The summed E-state index contributed by atoms with van der Waals surface area (Å²) in [7, 11) is 2.26. The number of nitrogens with zero attached hydrogens (tertiary/aromatic N) is 1. The van der Waals surface area contributed by atoms with Crippen LogP contribution in [0.25, 0.3) is 0 Å². The summed E-state index contributed by atoms with van der Waals surface area (Å²) < 4.78 is 0. The van der Waals surface area contributed by atoms with Crippen LogP contribution in [0.5, 0.6) is 0 Å². The second kappa shape index (κ2) is 7.27. The summed E-state index contributed by atoms with van der Waals surface area (Å²) in [5, 5.41) is 5.73. The largest absolute Gasteiger partial charge is 0.311 e. The molecule has 1 heterocycles. The molecule has 0 aromatic carbocycles.